The summed E-state index contributed by atoms with van der Waals surface area (Å²) in [7, 11) is 0. The largest absolute Gasteiger partial charge is 0.416 e. The summed E-state index contributed by atoms with van der Waals surface area (Å²) in [4.78, 5) is 17.1. The van der Waals surface area contributed by atoms with E-state index in [4.69, 9.17) is 0 Å². The molecule has 0 unspecified atom stereocenters. The van der Waals surface area contributed by atoms with Crippen molar-refractivity contribution < 1.29 is 26.3 Å². The second kappa shape index (κ2) is 12.7. The lowest BCUT2D eigenvalue weighted by atomic mass is 9.85. The molecule has 0 radical (unpaired) electrons. The Morgan fingerprint density at radius 2 is 1.68 bits per heavy atom. The van der Waals surface area contributed by atoms with Gasteiger partial charge in [0, 0.05) is 11.8 Å². The fraction of sp³-hybridized carbons (Fsp3) is 0.367. The predicted molar refractivity (Wildman–Crippen MR) is 143 cm³/mol. The van der Waals surface area contributed by atoms with Crippen LogP contribution in [0.15, 0.2) is 65.6 Å². The second-order valence-electron chi connectivity index (χ2n) is 10.1. The molecule has 2 aromatic carbocycles. The van der Waals surface area contributed by atoms with Crippen LogP contribution in [0.1, 0.15) is 78.2 Å². The Bertz CT molecular complexity index is 1520. The van der Waals surface area contributed by atoms with Gasteiger partial charge in [-0.05, 0) is 68.0 Å². The van der Waals surface area contributed by atoms with Crippen molar-refractivity contribution in [2.45, 2.75) is 71.0 Å². The summed E-state index contributed by atoms with van der Waals surface area (Å²) < 4.78 is 81.9. The first-order valence-electron chi connectivity index (χ1n) is 13.3. The van der Waals surface area contributed by atoms with Crippen LogP contribution < -0.4 is 5.56 Å². The molecular formula is C30H30F6N4O. The number of aryl methyl sites for hydroxylation is 2. The van der Waals surface area contributed by atoms with E-state index < -0.39 is 36.1 Å². The summed E-state index contributed by atoms with van der Waals surface area (Å²) in [6.45, 7) is 2.99. The van der Waals surface area contributed by atoms with Gasteiger partial charge in [0.1, 0.15) is 5.82 Å². The van der Waals surface area contributed by atoms with E-state index in [9.17, 15) is 31.1 Å². The normalized spacial score (nSPS) is 14.2. The Morgan fingerprint density at radius 1 is 0.976 bits per heavy atom. The SMILES string of the molecule is Cc1cccc(F)c1.Cc1cn(-c2cc(C3CCCCC3)c(=O)n(Cc3ccccc3C(F)(F)F)n2)c(C(F)F)n1. The summed E-state index contributed by atoms with van der Waals surface area (Å²) in [6, 6.07) is 12.9. The highest BCUT2D eigenvalue weighted by atomic mass is 19.4. The van der Waals surface area contributed by atoms with Crippen LogP contribution in [0.2, 0.25) is 0 Å². The number of halogens is 6. The lowest BCUT2D eigenvalue weighted by molar-refractivity contribution is -0.138. The van der Waals surface area contributed by atoms with Crippen LogP contribution in [0.5, 0.6) is 0 Å². The minimum atomic E-state index is -4.60. The third kappa shape index (κ3) is 7.45. The maximum Gasteiger partial charge on any atom is 0.416 e. The van der Waals surface area contributed by atoms with Crippen LogP contribution in [0.3, 0.4) is 0 Å². The van der Waals surface area contributed by atoms with Crippen LogP contribution in [-0.2, 0) is 12.7 Å². The van der Waals surface area contributed by atoms with Crippen molar-refractivity contribution in [1.82, 2.24) is 19.3 Å². The number of rotatable bonds is 5. The van der Waals surface area contributed by atoms with E-state index in [0.717, 1.165) is 53.0 Å². The van der Waals surface area contributed by atoms with Crippen molar-refractivity contribution in [1.29, 1.82) is 0 Å². The highest BCUT2D eigenvalue weighted by Gasteiger charge is 2.33. The van der Waals surface area contributed by atoms with Crippen LogP contribution in [0.4, 0.5) is 26.3 Å². The third-order valence-electron chi connectivity index (χ3n) is 6.95. The van der Waals surface area contributed by atoms with E-state index in [1.807, 2.05) is 13.0 Å². The molecule has 5 nitrogen and oxygen atoms in total. The molecule has 1 aliphatic carbocycles. The van der Waals surface area contributed by atoms with Gasteiger partial charge in [0.2, 0.25) is 0 Å². The molecule has 5 rings (SSSR count). The highest BCUT2D eigenvalue weighted by molar-refractivity contribution is 5.33. The summed E-state index contributed by atoms with van der Waals surface area (Å²) >= 11 is 0. The molecule has 4 aromatic rings. The lowest BCUT2D eigenvalue weighted by Gasteiger charge is -2.23. The minimum Gasteiger partial charge on any atom is -0.281 e. The van der Waals surface area contributed by atoms with Gasteiger partial charge in [0.05, 0.1) is 17.8 Å². The Kier molecular flexibility index (Phi) is 9.35. The average Bonchev–Trinajstić information content (AvgIpc) is 3.32. The van der Waals surface area contributed by atoms with Gasteiger partial charge in [-0.1, -0.05) is 49.6 Å². The molecule has 0 spiro atoms. The van der Waals surface area contributed by atoms with Gasteiger partial charge in [0.25, 0.3) is 12.0 Å². The summed E-state index contributed by atoms with van der Waals surface area (Å²) in [5.41, 5.74) is 0.197. The van der Waals surface area contributed by atoms with Crippen LogP contribution in [-0.4, -0.2) is 19.3 Å². The first kappa shape index (κ1) is 30.1. The van der Waals surface area contributed by atoms with Crippen molar-refractivity contribution in [3.8, 4) is 5.82 Å². The number of benzene rings is 2. The minimum absolute atomic E-state index is 0.0376. The van der Waals surface area contributed by atoms with Crippen molar-refractivity contribution >= 4 is 0 Å². The third-order valence-corrected chi connectivity index (χ3v) is 6.95. The maximum atomic E-state index is 13.6. The Labute approximate surface area is 233 Å². The van der Waals surface area contributed by atoms with Crippen molar-refractivity contribution in [2.24, 2.45) is 0 Å². The van der Waals surface area contributed by atoms with Gasteiger partial charge in [-0.2, -0.15) is 18.3 Å². The van der Waals surface area contributed by atoms with E-state index in [2.05, 4.69) is 10.1 Å². The number of hydrogen-bond donors (Lipinski definition) is 0. The van der Waals surface area contributed by atoms with E-state index >= 15 is 0 Å². The quantitative estimate of drug-likeness (QED) is 0.227. The zero-order valence-electron chi connectivity index (χ0n) is 22.6. The van der Waals surface area contributed by atoms with E-state index in [1.54, 1.807) is 13.0 Å². The van der Waals surface area contributed by atoms with Crippen LogP contribution in [0.25, 0.3) is 5.82 Å². The molecule has 0 atom stereocenters. The molecule has 0 N–H and O–H groups in total. The lowest BCUT2D eigenvalue weighted by Crippen LogP contribution is -2.31. The van der Waals surface area contributed by atoms with Gasteiger partial charge in [-0.25, -0.2) is 22.8 Å². The molecule has 218 valence electrons. The Hall–Kier alpha value is -3.89. The molecule has 41 heavy (non-hydrogen) atoms. The van der Waals surface area contributed by atoms with Crippen molar-refractivity contribution in [2.75, 3.05) is 0 Å². The number of aromatic nitrogens is 4. The number of alkyl halides is 5. The smallest absolute Gasteiger partial charge is 0.281 e. The van der Waals surface area contributed by atoms with Crippen molar-refractivity contribution in [3.05, 3.63) is 111 Å². The fourth-order valence-electron chi connectivity index (χ4n) is 5.03. The molecule has 1 aliphatic rings. The molecular weight excluding hydrogens is 546 g/mol. The molecule has 0 aliphatic heterocycles. The average molecular weight is 577 g/mol. The highest BCUT2D eigenvalue weighted by Crippen LogP contribution is 2.34. The molecule has 2 aromatic heterocycles. The number of imidazole rings is 1. The molecule has 1 fully saturated rings. The molecule has 2 heterocycles. The Morgan fingerprint density at radius 3 is 2.29 bits per heavy atom. The number of hydrogen-bond acceptors (Lipinski definition) is 3. The van der Waals surface area contributed by atoms with E-state index in [0.29, 0.717) is 11.3 Å². The molecule has 0 bridgehead atoms. The summed E-state index contributed by atoms with van der Waals surface area (Å²) in [5, 5.41) is 4.20. The predicted octanol–water partition coefficient (Wildman–Crippen LogP) is 7.92. The maximum absolute atomic E-state index is 13.6. The van der Waals surface area contributed by atoms with Crippen molar-refractivity contribution in [3.63, 3.8) is 0 Å². The van der Waals surface area contributed by atoms with E-state index in [1.165, 1.54) is 42.6 Å². The monoisotopic (exact) mass is 576 g/mol. The fourth-order valence-corrected chi connectivity index (χ4v) is 5.03. The van der Waals surface area contributed by atoms with Gasteiger partial charge < -0.3 is 0 Å². The molecule has 0 amide bonds. The van der Waals surface area contributed by atoms with Crippen LogP contribution in [0, 0.1) is 19.7 Å². The Balaban J connectivity index is 0.000000417. The second-order valence-corrected chi connectivity index (χ2v) is 10.1. The first-order valence-corrected chi connectivity index (χ1v) is 13.3. The zero-order chi connectivity index (χ0) is 29.7. The van der Waals surface area contributed by atoms with Gasteiger partial charge in [-0.3, -0.25) is 9.36 Å². The summed E-state index contributed by atoms with van der Waals surface area (Å²) in [5.74, 6) is -0.757. The van der Waals surface area contributed by atoms with Crippen LogP contribution >= 0.6 is 0 Å². The van der Waals surface area contributed by atoms with E-state index in [-0.39, 0.29) is 23.1 Å². The standard InChI is InChI=1S/C23H23F5N4O.C7H7F/c1-14-12-31(21(29-14)20(24)25)19-11-17(15-7-3-2-4-8-15)22(33)32(30-19)13-16-9-5-6-10-18(16)23(26,27)28;1-6-3-2-4-7(8)5-6/h5-6,9-12,15,20H,2-4,7-8,13H2,1H3;2-5H,1H3. The van der Waals surface area contributed by atoms with Gasteiger partial charge >= 0.3 is 6.18 Å². The topological polar surface area (TPSA) is 52.7 Å². The summed E-state index contributed by atoms with van der Waals surface area (Å²) in [6.07, 6.45) is -1.72. The zero-order valence-corrected chi connectivity index (χ0v) is 22.6. The first-order chi connectivity index (χ1) is 19.4. The van der Waals surface area contributed by atoms with Gasteiger partial charge in [-0.15, -0.1) is 0 Å². The molecule has 0 saturated heterocycles. The number of nitrogens with zero attached hydrogens (tertiary/aromatic N) is 4. The van der Waals surface area contributed by atoms with Gasteiger partial charge in [0.15, 0.2) is 11.6 Å². The molecule has 1 saturated carbocycles. The molecule has 11 heteroatoms.